The monoisotopic (exact) mass is 276 g/mol. The Balaban J connectivity index is 1.62. The molecule has 2 aliphatic carbocycles. The summed E-state index contributed by atoms with van der Waals surface area (Å²) < 4.78 is 2.07. The lowest BCUT2D eigenvalue weighted by molar-refractivity contribution is 0.653. The summed E-state index contributed by atoms with van der Waals surface area (Å²) in [6.07, 6.45) is 4.39. The largest absolute Gasteiger partial charge is 0.398 e. The molecule has 1 fully saturated rings. The van der Waals surface area contributed by atoms with Crippen molar-refractivity contribution in [3.8, 4) is 0 Å². The number of nitrogen functional groups attached to an aromatic ring is 1. The van der Waals surface area contributed by atoms with Gasteiger partial charge in [0.1, 0.15) is 5.82 Å². The van der Waals surface area contributed by atoms with E-state index in [1.165, 1.54) is 24.0 Å². The normalized spacial score (nSPS) is 26.4. The van der Waals surface area contributed by atoms with Crippen LogP contribution in [-0.2, 0) is 6.42 Å². The predicted octanol–water partition coefficient (Wildman–Crippen LogP) is 2.75. The molecule has 5 rings (SSSR count). The molecule has 0 spiro atoms. The number of aryl methyl sites for hydroxylation is 1. The molecule has 4 heteroatoms. The Hall–Kier alpha value is -2.36. The molecule has 3 aromatic rings. The van der Waals surface area contributed by atoms with Crippen molar-refractivity contribution in [2.45, 2.75) is 24.7 Å². The van der Waals surface area contributed by atoms with E-state index in [9.17, 15) is 0 Å². The number of hydrogen-bond donors (Lipinski definition) is 1. The number of pyridine rings is 1. The van der Waals surface area contributed by atoms with E-state index in [0.29, 0.717) is 17.8 Å². The summed E-state index contributed by atoms with van der Waals surface area (Å²) in [6.45, 7) is 0. The average Bonchev–Trinajstić information content (AvgIpc) is 3.11. The van der Waals surface area contributed by atoms with Crippen molar-refractivity contribution in [1.29, 1.82) is 0 Å². The van der Waals surface area contributed by atoms with Crippen molar-refractivity contribution in [2.24, 2.45) is 5.92 Å². The van der Waals surface area contributed by atoms with Gasteiger partial charge in [0.25, 0.3) is 0 Å². The van der Waals surface area contributed by atoms with Crippen LogP contribution < -0.4 is 5.73 Å². The lowest BCUT2D eigenvalue weighted by Crippen LogP contribution is -2.00. The zero-order valence-corrected chi connectivity index (χ0v) is 11.6. The fraction of sp³-hybridized carbons (Fsp3) is 0.294. The SMILES string of the molecule is Nc1ccc2nnc(C3C4CCc5ccccc5C43)n2c1. The van der Waals surface area contributed by atoms with E-state index in [-0.39, 0.29) is 0 Å². The molecule has 0 bridgehead atoms. The van der Waals surface area contributed by atoms with Crippen molar-refractivity contribution in [1.82, 2.24) is 14.6 Å². The molecule has 0 radical (unpaired) electrons. The number of anilines is 1. The smallest absolute Gasteiger partial charge is 0.160 e. The van der Waals surface area contributed by atoms with Gasteiger partial charge in [0.15, 0.2) is 5.65 Å². The molecule has 2 aliphatic rings. The van der Waals surface area contributed by atoms with Crippen molar-refractivity contribution in [3.63, 3.8) is 0 Å². The molecule has 21 heavy (non-hydrogen) atoms. The Morgan fingerprint density at radius 2 is 1.95 bits per heavy atom. The van der Waals surface area contributed by atoms with Crippen LogP contribution in [0.5, 0.6) is 0 Å². The Morgan fingerprint density at radius 1 is 1.05 bits per heavy atom. The van der Waals surface area contributed by atoms with Gasteiger partial charge < -0.3 is 5.73 Å². The Bertz CT molecular complexity index is 851. The van der Waals surface area contributed by atoms with Gasteiger partial charge in [-0.3, -0.25) is 4.40 Å². The highest BCUT2D eigenvalue weighted by Gasteiger charge is 2.55. The first-order valence-electron chi connectivity index (χ1n) is 7.51. The van der Waals surface area contributed by atoms with Crippen LogP contribution in [0.2, 0.25) is 0 Å². The van der Waals surface area contributed by atoms with E-state index >= 15 is 0 Å². The van der Waals surface area contributed by atoms with Crippen molar-refractivity contribution < 1.29 is 0 Å². The van der Waals surface area contributed by atoms with E-state index in [2.05, 4.69) is 38.9 Å². The third kappa shape index (κ3) is 1.50. The van der Waals surface area contributed by atoms with E-state index < -0.39 is 0 Å². The zero-order chi connectivity index (χ0) is 14.0. The summed E-state index contributed by atoms with van der Waals surface area (Å²) in [7, 11) is 0. The van der Waals surface area contributed by atoms with Crippen LogP contribution in [0.1, 0.15) is 35.2 Å². The molecule has 2 aromatic heterocycles. The fourth-order valence-electron chi connectivity index (χ4n) is 4.07. The third-order valence-electron chi connectivity index (χ3n) is 5.08. The first-order chi connectivity index (χ1) is 10.3. The Labute approximate surface area is 122 Å². The van der Waals surface area contributed by atoms with Crippen LogP contribution in [0, 0.1) is 5.92 Å². The van der Waals surface area contributed by atoms with Gasteiger partial charge in [-0.15, -0.1) is 10.2 Å². The second kappa shape index (κ2) is 3.85. The molecule has 0 aliphatic heterocycles. The standard InChI is InChI=1S/C17H16N4/c18-11-6-8-14-19-20-17(21(14)9-11)16-13-7-5-10-3-1-2-4-12(10)15(13)16/h1-4,6,8-9,13,15-16H,5,7,18H2. The second-order valence-corrected chi connectivity index (χ2v) is 6.20. The summed E-state index contributed by atoms with van der Waals surface area (Å²) in [6, 6.07) is 12.7. The molecule has 1 saturated carbocycles. The van der Waals surface area contributed by atoms with Gasteiger partial charge in [0.05, 0.1) is 0 Å². The van der Waals surface area contributed by atoms with Gasteiger partial charge in [-0.1, -0.05) is 24.3 Å². The Morgan fingerprint density at radius 3 is 2.90 bits per heavy atom. The minimum atomic E-state index is 0.491. The van der Waals surface area contributed by atoms with Crippen molar-refractivity contribution in [2.75, 3.05) is 5.73 Å². The highest BCUT2D eigenvalue weighted by molar-refractivity contribution is 5.50. The van der Waals surface area contributed by atoms with Crippen LogP contribution >= 0.6 is 0 Å². The molecular formula is C17H16N4. The average molecular weight is 276 g/mol. The highest BCUT2D eigenvalue weighted by atomic mass is 15.3. The van der Waals surface area contributed by atoms with Gasteiger partial charge in [0.2, 0.25) is 0 Å². The summed E-state index contributed by atoms with van der Waals surface area (Å²) in [5.74, 6) is 2.90. The number of benzene rings is 1. The summed E-state index contributed by atoms with van der Waals surface area (Å²) in [5, 5.41) is 8.75. The summed E-state index contributed by atoms with van der Waals surface area (Å²) >= 11 is 0. The van der Waals surface area contributed by atoms with Crippen molar-refractivity contribution in [3.05, 3.63) is 59.5 Å². The molecule has 4 nitrogen and oxygen atoms in total. The van der Waals surface area contributed by atoms with E-state index in [1.54, 1.807) is 0 Å². The van der Waals surface area contributed by atoms with E-state index in [4.69, 9.17) is 5.73 Å². The highest BCUT2D eigenvalue weighted by Crippen LogP contribution is 2.64. The van der Waals surface area contributed by atoms with Crippen LogP contribution in [0.15, 0.2) is 42.6 Å². The van der Waals surface area contributed by atoms with Crippen LogP contribution in [0.3, 0.4) is 0 Å². The van der Waals surface area contributed by atoms with Gasteiger partial charge in [0, 0.05) is 17.8 Å². The van der Waals surface area contributed by atoms with E-state index in [0.717, 1.165) is 17.2 Å². The zero-order valence-electron chi connectivity index (χ0n) is 11.6. The lowest BCUT2D eigenvalue weighted by atomic mass is 9.92. The van der Waals surface area contributed by atoms with Crippen LogP contribution in [0.4, 0.5) is 5.69 Å². The Kier molecular flexibility index (Phi) is 2.07. The van der Waals surface area contributed by atoms with Gasteiger partial charge in [-0.25, -0.2) is 0 Å². The number of rotatable bonds is 1. The molecule has 0 saturated heterocycles. The number of fused-ring (bicyclic) bond motifs is 4. The number of hydrogen-bond acceptors (Lipinski definition) is 3. The maximum atomic E-state index is 5.92. The lowest BCUT2D eigenvalue weighted by Gasteiger charge is -2.13. The van der Waals surface area contributed by atoms with Crippen LogP contribution in [-0.4, -0.2) is 14.6 Å². The van der Waals surface area contributed by atoms with Crippen molar-refractivity contribution >= 4 is 11.3 Å². The quantitative estimate of drug-likeness (QED) is 0.743. The minimum Gasteiger partial charge on any atom is -0.398 e. The second-order valence-electron chi connectivity index (χ2n) is 6.20. The molecule has 0 amide bonds. The number of aromatic nitrogens is 3. The minimum absolute atomic E-state index is 0.491. The van der Waals surface area contributed by atoms with E-state index in [1.807, 2.05) is 18.3 Å². The molecule has 3 atom stereocenters. The molecule has 2 N–H and O–H groups in total. The predicted molar refractivity (Wildman–Crippen MR) is 81.1 cm³/mol. The molecule has 1 aromatic carbocycles. The third-order valence-corrected chi connectivity index (χ3v) is 5.08. The number of nitrogens with two attached hydrogens (primary N) is 1. The summed E-state index contributed by atoms with van der Waals surface area (Å²) in [5.41, 5.74) is 10.6. The summed E-state index contributed by atoms with van der Waals surface area (Å²) in [4.78, 5) is 0. The maximum absolute atomic E-state index is 5.92. The first kappa shape index (κ1) is 11.3. The molecular weight excluding hydrogens is 260 g/mol. The topological polar surface area (TPSA) is 56.2 Å². The molecule has 104 valence electrons. The van der Waals surface area contributed by atoms with Gasteiger partial charge in [-0.2, -0.15) is 0 Å². The maximum Gasteiger partial charge on any atom is 0.160 e. The van der Waals surface area contributed by atoms with Gasteiger partial charge in [-0.05, 0) is 47.9 Å². The molecule has 3 unspecified atom stereocenters. The fourth-order valence-corrected chi connectivity index (χ4v) is 4.07. The molecule has 2 heterocycles. The van der Waals surface area contributed by atoms with Gasteiger partial charge >= 0.3 is 0 Å². The van der Waals surface area contributed by atoms with Crippen LogP contribution in [0.25, 0.3) is 5.65 Å². The number of nitrogens with zero attached hydrogens (tertiary/aromatic N) is 3. The first-order valence-corrected chi connectivity index (χ1v) is 7.51.